The van der Waals surface area contributed by atoms with Crippen molar-refractivity contribution in [2.75, 3.05) is 26.2 Å². The van der Waals surface area contributed by atoms with Gasteiger partial charge < -0.3 is 19.5 Å². The zero-order valence-corrected chi connectivity index (χ0v) is 21.1. The molecule has 1 N–H and O–H groups in total. The smallest absolute Gasteiger partial charge is 0.194 e. The van der Waals surface area contributed by atoms with Crippen LogP contribution in [0.1, 0.15) is 54.2 Å². The highest BCUT2D eigenvalue weighted by Gasteiger charge is 2.25. The Morgan fingerprint density at radius 3 is 2.73 bits per heavy atom. The first-order chi connectivity index (χ1) is 14.0. The number of aliphatic imine (C=N–C) groups is 1. The average Bonchev–Trinajstić information content (AvgIpc) is 3.03. The van der Waals surface area contributed by atoms with Crippen molar-refractivity contribution in [3.8, 4) is 0 Å². The number of unbranched alkanes of at least 4 members (excludes halogenated alkanes) is 1. The number of ether oxygens (including phenoxy) is 1. The number of guanidine groups is 1. The van der Waals surface area contributed by atoms with Gasteiger partial charge in [0.1, 0.15) is 18.5 Å². The number of halogens is 1. The SMILES string of the molecule is CCCCNC(=NCc1nnc(C)n1C)N1CCOC(c2ccc(C)cc2C)C1.I. The molecule has 3 rings (SSSR count). The Morgan fingerprint density at radius 1 is 1.27 bits per heavy atom. The molecule has 30 heavy (non-hydrogen) atoms. The first-order valence-electron chi connectivity index (χ1n) is 10.6. The van der Waals surface area contributed by atoms with Gasteiger partial charge in [0.25, 0.3) is 0 Å². The lowest BCUT2D eigenvalue weighted by Gasteiger charge is -2.36. The van der Waals surface area contributed by atoms with Crippen LogP contribution >= 0.6 is 24.0 Å². The molecular weight excluding hydrogens is 491 g/mol. The summed E-state index contributed by atoms with van der Waals surface area (Å²) in [6, 6.07) is 6.58. The van der Waals surface area contributed by atoms with Gasteiger partial charge in [-0.2, -0.15) is 0 Å². The van der Waals surface area contributed by atoms with Crippen LogP contribution in [0.25, 0.3) is 0 Å². The number of rotatable bonds is 6. The Kier molecular flexibility index (Phi) is 9.54. The molecule has 7 nitrogen and oxygen atoms in total. The molecule has 0 amide bonds. The Hall–Kier alpha value is -1.68. The number of nitrogens with zero attached hydrogens (tertiary/aromatic N) is 5. The van der Waals surface area contributed by atoms with Crippen LogP contribution in [0, 0.1) is 20.8 Å². The molecule has 1 aliphatic rings. The summed E-state index contributed by atoms with van der Waals surface area (Å²) in [5, 5.41) is 11.9. The van der Waals surface area contributed by atoms with E-state index < -0.39 is 0 Å². The summed E-state index contributed by atoms with van der Waals surface area (Å²) < 4.78 is 8.12. The van der Waals surface area contributed by atoms with E-state index in [1.165, 1.54) is 16.7 Å². The second-order valence-electron chi connectivity index (χ2n) is 7.81. The summed E-state index contributed by atoms with van der Waals surface area (Å²) in [6.45, 7) is 12.2. The lowest BCUT2D eigenvalue weighted by atomic mass is 10.00. The summed E-state index contributed by atoms with van der Waals surface area (Å²) >= 11 is 0. The van der Waals surface area contributed by atoms with E-state index in [0.717, 1.165) is 50.1 Å². The number of aryl methyl sites for hydroxylation is 3. The van der Waals surface area contributed by atoms with Gasteiger partial charge in [0.15, 0.2) is 11.8 Å². The van der Waals surface area contributed by atoms with Crippen LogP contribution in [-0.4, -0.2) is 51.9 Å². The molecule has 1 aromatic heterocycles. The van der Waals surface area contributed by atoms with Gasteiger partial charge in [0.05, 0.1) is 13.2 Å². The topological polar surface area (TPSA) is 67.6 Å². The van der Waals surface area contributed by atoms with Gasteiger partial charge in [0.2, 0.25) is 0 Å². The number of aromatic nitrogens is 3. The van der Waals surface area contributed by atoms with Gasteiger partial charge in [0, 0.05) is 20.1 Å². The Labute approximate surface area is 197 Å². The van der Waals surface area contributed by atoms with Crippen molar-refractivity contribution in [2.24, 2.45) is 12.0 Å². The van der Waals surface area contributed by atoms with E-state index >= 15 is 0 Å². The first-order valence-corrected chi connectivity index (χ1v) is 10.6. The molecule has 0 saturated carbocycles. The Bertz CT molecular complexity index is 850. The molecule has 166 valence electrons. The molecule has 2 heterocycles. The predicted molar refractivity (Wildman–Crippen MR) is 131 cm³/mol. The van der Waals surface area contributed by atoms with E-state index in [1.54, 1.807) is 0 Å². The van der Waals surface area contributed by atoms with Gasteiger partial charge in [-0.15, -0.1) is 34.2 Å². The molecule has 8 heteroatoms. The molecular formula is C22H35IN6O. The molecule has 0 bridgehead atoms. The third-order valence-electron chi connectivity index (χ3n) is 5.50. The fourth-order valence-corrected chi connectivity index (χ4v) is 3.60. The maximum absolute atomic E-state index is 6.13. The van der Waals surface area contributed by atoms with E-state index in [-0.39, 0.29) is 30.1 Å². The minimum atomic E-state index is 0. The Balaban J connectivity index is 0.00000320. The first kappa shape index (κ1) is 24.6. The van der Waals surface area contributed by atoms with Crippen LogP contribution in [0.4, 0.5) is 0 Å². The zero-order chi connectivity index (χ0) is 20.8. The normalized spacial score (nSPS) is 17.0. The number of hydrogen-bond acceptors (Lipinski definition) is 4. The molecule has 2 aromatic rings. The molecule has 1 atom stereocenters. The maximum Gasteiger partial charge on any atom is 0.194 e. The van der Waals surface area contributed by atoms with E-state index in [9.17, 15) is 0 Å². The van der Waals surface area contributed by atoms with Crippen molar-refractivity contribution < 1.29 is 4.74 Å². The summed E-state index contributed by atoms with van der Waals surface area (Å²) in [5.74, 6) is 2.70. The van der Waals surface area contributed by atoms with Gasteiger partial charge >= 0.3 is 0 Å². The highest BCUT2D eigenvalue weighted by molar-refractivity contribution is 14.0. The van der Waals surface area contributed by atoms with E-state index in [0.29, 0.717) is 13.2 Å². The molecule has 0 aliphatic carbocycles. The van der Waals surface area contributed by atoms with Crippen molar-refractivity contribution in [3.05, 3.63) is 46.5 Å². The van der Waals surface area contributed by atoms with E-state index in [1.807, 2.05) is 18.5 Å². The van der Waals surface area contributed by atoms with Crippen molar-refractivity contribution in [1.29, 1.82) is 0 Å². The maximum atomic E-state index is 6.13. The molecule has 1 aromatic carbocycles. The molecule has 1 aliphatic heterocycles. The molecule has 1 fully saturated rings. The van der Waals surface area contributed by atoms with E-state index in [2.05, 4.69) is 59.4 Å². The number of morpholine rings is 1. The third kappa shape index (κ3) is 6.16. The number of nitrogens with one attached hydrogen (secondary N) is 1. The summed E-state index contributed by atoms with van der Waals surface area (Å²) in [5.41, 5.74) is 3.82. The van der Waals surface area contributed by atoms with Crippen LogP contribution in [0.3, 0.4) is 0 Å². The van der Waals surface area contributed by atoms with Crippen LogP contribution < -0.4 is 5.32 Å². The number of benzene rings is 1. The van der Waals surface area contributed by atoms with Gasteiger partial charge in [-0.25, -0.2) is 4.99 Å². The summed E-state index contributed by atoms with van der Waals surface area (Å²) in [6.07, 6.45) is 2.32. The average molecular weight is 526 g/mol. The fourth-order valence-electron chi connectivity index (χ4n) is 3.60. The standard InChI is InChI=1S/C22H34N6O.HI/c1-6-7-10-23-22(24-14-21-26-25-18(4)27(21)5)28-11-12-29-20(15-28)19-9-8-16(2)13-17(19)3;/h8-9,13,20H,6-7,10-12,14-15H2,1-5H3,(H,23,24);1H. The Morgan fingerprint density at radius 2 is 2.07 bits per heavy atom. The molecule has 1 unspecified atom stereocenters. The van der Waals surface area contributed by atoms with Crippen LogP contribution in [-0.2, 0) is 18.3 Å². The highest BCUT2D eigenvalue weighted by atomic mass is 127. The highest BCUT2D eigenvalue weighted by Crippen LogP contribution is 2.26. The van der Waals surface area contributed by atoms with Gasteiger partial charge in [-0.05, 0) is 38.3 Å². The lowest BCUT2D eigenvalue weighted by Crippen LogP contribution is -2.48. The summed E-state index contributed by atoms with van der Waals surface area (Å²) in [4.78, 5) is 7.19. The van der Waals surface area contributed by atoms with Crippen molar-refractivity contribution >= 4 is 29.9 Å². The van der Waals surface area contributed by atoms with Crippen LogP contribution in [0.5, 0.6) is 0 Å². The van der Waals surface area contributed by atoms with E-state index in [4.69, 9.17) is 9.73 Å². The zero-order valence-electron chi connectivity index (χ0n) is 18.8. The van der Waals surface area contributed by atoms with Gasteiger partial charge in [-0.1, -0.05) is 37.1 Å². The second kappa shape index (κ2) is 11.6. The number of hydrogen-bond donors (Lipinski definition) is 1. The molecule has 0 spiro atoms. The predicted octanol–water partition coefficient (Wildman–Crippen LogP) is 3.68. The van der Waals surface area contributed by atoms with Crippen molar-refractivity contribution in [3.63, 3.8) is 0 Å². The monoisotopic (exact) mass is 526 g/mol. The molecule has 0 radical (unpaired) electrons. The largest absolute Gasteiger partial charge is 0.370 e. The minimum Gasteiger partial charge on any atom is -0.370 e. The van der Waals surface area contributed by atoms with Crippen molar-refractivity contribution in [2.45, 2.75) is 53.2 Å². The lowest BCUT2D eigenvalue weighted by molar-refractivity contribution is -0.00838. The van der Waals surface area contributed by atoms with Crippen LogP contribution in [0.15, 0.2) is 23.2 Å². The fraction of sp³-hybridized carbons (Fsp3) is 0.591. The molecule has 1 saturated heterocycles. The van der Waals surface area contributed by atoms with Gasteiger partial charge in [-0.3, -0.25) is 0 Å². The quantitative estimate of drug-likeness (QED) is 0.269. The van der Waals surface area contributed by atoms with Crippen molar-refractivity contribution in [1.82, 2.24) is 25.0 Å². The minimum absolute atomic E-state index is 0. The third-order valence-corrected chi connectivity index (χ3v) is 5.50. The summed E-state index contributed by atoms with van der Waals surface area (Å²) in [7, 11) is 1.98. The van der Waals surface area contributed by atoms with Crippen LogP contribution in [0.2, 0.25) is 0 Å². The second-order valence-corrected chi connectivity index (χ2v) is 7.81.